The summed E-state index contributed by atoms with van der Waals surface area (Å²) in [5.74, 6) is -0.143. The van der Waals surface area contributed by atoms with Crippen LogP contribution in [0.25, 0.3) is 10.9 Å². The largest absolute Gasteiger partial charge is 0.399 e. The lowest BCUT2D eigenvalue weighted by atomic mass is 10.1. The van der Waals surface area contributed by atoms with Crippen LogP contribution in [0.15, 0.2) is 24.4 Å². The van der Waals surface area contributed by atoms with Gasteiger partial charge in [-0.15, -0.1) is 0 Å². The van der Waals surface area contributed by atoms with Crippen molar-refractivity contribution in [1.29, 1.82) is 0 Å². The maximum absolute atomic E-state index is 12.2. The highest BCUT2D eigenvalue weighted by atomic mass is 16.6. The van der Waals surface area contributed by atoms with E-state index in [-0.39, 0.29) is 12.0 Å². The first kappa shape index (κ1) is 13.0. The predicted molar refractivity (Wildman–Crippen MR) is 75.6 cm³/mol. The van der Waals surface area contributed by atoms with E-state index in [1.54, 1.807) is 18.3 Å². The zero-order chi connectivity index (χ0) is 13.9. The van der Waals surface area contributed by atoms with Gasteiger partial charge in [0.05, 0.1) is 31.5 Å². The zero-order valence-electron chi connectivity index (χ0n) is 11.0. The summed E-state index contributed by atoms with van der Waals surface area (Å²) < 4.78 is 10.8. The predicted octanol–water partition coefficient (Wildman–Crippen LogP) is 0.895. The molecule has 1 fully saturated rings. The molecular formula is C14H17N3O3. The Bertz CT molecular complexity index is 617. The second-order valence-corrected chi connectivity index (χ2v) is 4.79. The molecule has 1 aliphatic rings. The lowest BCUT2D eigenvalue weighted by Gasteiger charge is -2.22. The van der Waals surface area contributed by atoms with Crippen LogP contribution in [-0.2, 0) is 9.47 Å². The number of aromatic nitrogens is 1. The van der Waals surface area contributed by atoms with Gasteiger partial charge in [-0.25, -0.2) is 0 Å². The summed E-state index contributed by atoms with van der Waals surface area (Å²) in [6.07, 6.45) is 1.61. The van der Waals surface area contributed by atoms with Gasteiger partial charge in [0.25, 0.3) is 5.91 Å². The Morgan fingerprint density at radius 2 is 2.35 bits per heavy atom. The van der Waals surface area contributed by atoms with E-state index >= 15 is 0 Å². The second-order valence-electron chi connectivity index (χ2n) is 4.79. The molecule has 1 unspecified atom stereocenters. The van der Waals surface area contributed by atoms with Gasteiger partial charge in [-0.3, -0.25) is 4.79 Å². The monoisotopic (exact) mass is 275 g/mol. The van der Waals surface area contributed by atoms with Crippen molar-refractivity contribution in [2.75, 3.05) is 32.1 Å². The van der Waals surface area contributed by atoms with E-state index in [2.05, 4.69) is 10.3 Å². The van der Waals surface area contributed by atoms with Gasteiger partial charge < -0.3 is 25.5 Å². The number of ether oxygens (including phenoxy) is 2. The van der Waals surface area contributed by atoms with Crippen LogP contribution in [-0.4, -0.2) is 43.4 Å². The number of nitrogen functional groups attached to an aromatic ring is 1. The molecule has 1 atom stereocenters. The molecule has 4 N–H and O–H groups in total. The molecule has 0 spiro atoms. The van der Waals surface area contributed by atoms with Crippen LogP contribution >= 0.6 is 0 Å². The molecule has 1 aliphatic heterocycles. The minimum atomic E-state index is -0.143. The molecular weight excluding hydrogens is 258 g/mol. The number of carbonyl (C=O) groups excluding carboxylic acids is 1. The molecule has 0 aliphatic carbocycles. The van der Waals surface area contributed by atoms with E-state index in [0.29, 0.717) is 37.6 Å². The Labute approximate surface area is 116 Å². The van der Waals surface area contributed by atoms with Crippen molar-refractivity contribution in [3.05, 3.63) is 30.0 Å². The Morgan fingerprint density at radius 3 is 3.15 bits per heavy atom. The highest BCUT2D eigenvalue weighted by molar-refractivity contribution is 6.07. The third-order valence-electron chi connectivity index (χ3n) is 3.33. The molecule has 1 saturated heterocycles. The van der Waals surface area contributed by atoms with Crippen LogP contribution in [0.1, 0.15) is 10.4 Å². The molecule has 3 rings (SSSR count). The molecule has 1 amide bonds. The first-order chi connectivity index (χ1) is 9.74. The van der Waals surface area contributed by atoms with E-state index < -0.39 is 0 Å². The number of hydrogen-bond acceptors (Lipinski definition) is 4. The number of hydrogen-bond donors (Lipinski definition) is 3. The van der Waals surface area contributed by atoms with Crippen LogP contribution in [0.3, 0.4) is 0 Å². The highest BCUT2D eigenvalue weighted by Gasteiger charge is 2.17. The first-order valence-corrected chi connectivity index (χ1v) is 6.58. The van der Waals surface area contributed by atoms with Crippen molar-refractivity contribution in [1.82, 2.24) is 10.3 Å². The smallest absolute Gasteiger partial charge is 0.253 e. The number of nitrogens with two attached hydrogens (primary N) is 1. The maximum atomic E-state index is 12.2. The molecule has 2 aromatic rings. The van der Waals surface area contributed by atoms with Crippen molar-refractivity contribution >= 4 is 22.5 Å². The number of benzene rings is 1. The highest BCUT2D eigenvalue weighted by Crippen LogP contribution is 2.20. The SMILES string of the molecule is Nc1ccc2[nH]cc(C(=O)NCC3COCCO3)c2c1. The fourth-order valence-electron chi connectivity index (χ4n) is 2.28. The Morgan fingerprint density at radius 1 is 1.45 bits per heavy atom. The summed E-state index contributed by atoms with van der Waals surface area (Å²) in [5.41, 5.74) is 7.87. The number of rotatable bonds is 3. The summed E-state index contributed by atoms with van der Waals surface area (Å²) in [6, 6.07) is 5.45. The number of aromatic amines is 1. The average Bonchev–Trinajstić information content (AvgIpc) is 2.89. The Balaban J connectivity index is 1.70. The lowest BCUT2D eigenvalue weighted by molar-refractivity contribution is -0.0855. The number of anilines is 1. The minimum Gasteiger partial charge on any atom is -0.399 e. The van der Waals surface area contributed by atoms with Crippen LogP contribution in [0.5, 0.6) is 0 Å². The van der Waals surface area contributed by atoms with Gasteiger partial charge in [-0.05, 0) is 18.2 Å². The van der Waals surface area contributed by atoms with E-state index in [1.807, 2.05) is 6.07 Å². The molecule has 1 aromatic carbocycles. The summed E-state index contributed by atoms with van der Waals surface area (Å²) in [6.45, 7) is 2.14. The van der Waals surface area contributed by atoms with Crippen molar-refractivity contribution in [3.8, 4) is 0 Å². The van der Waals surface area contributed by atoms with E-state index in [4.69, 9.17) is 15.2 Å². The fraction of sp³-hybridized carbons (Fsp3) is 0.357. The molecule has 0 saturated carbocycles. The van der Waals surface area contributed by atoms with E-state index in [9.17, 15) is 4.79 Å². The van der Waals surface area contributed by atoms with Crippen LogP contribution in [0.4, 0.5) is 5.69 Å². The fourth-order valence-corrected chi connectivity index (χ4v) is 2.28. The van der Waals surface area contributed by atoms with E-state index in [1.165, 1.54) is 0 Å². The first-order valence-electron chi connectivity index (χ1n) is 6.58. The molecule has 106 valence electrons. The summed E-state index contributed by atoms with van der Waals surface area (Å²) in [4.78, 5) is 15.3. The molecule has 2 heterocycles. The molecule has 0 bridgehead atoms. The molecule has 6 nitrogen and oxygen atoms in total. The van der Waals surface area contributed by atoms with Gasteiger partial charge in [0.15, 0.2) is 0 Å². The van der Waals surface area contributed by atoms with Crippen molar-refractivity contribution in [3.63, 3.8) is 0 Å². The van der Waals surface area contributed by atoms with Crippen molar-refractivity contribution in [2.45, 2.75) is 6.10 Å². The number of H-pyrrole nitrogens is 1. The normalized spacial score (nSPS) is 19.1. The van der Waals surface area contributed by atoms with Gasteiger partial charge in [0.1, 0.15) is 0 Å². The summed E-state index contributed by atoms with van der Waals surface area (Å²) in [7, 11) is 0. The molecule has 6 heteroatoms. The second kappa shape index (κ2) is 5.52. The number of carbonyl (C=O) groups is 1. The molecule has 1 aromatic heterocycles. The minimum absolute atomic E-state index is 0.0806. The third-order valence-corrected chi connectivity index (χ3v) is 3.33. The van der Waals surface area contributed by atoms with Crippen molar-refractivity contribution < 1.29 is 14.3 Å². The van der Waals surface area contributed by atoms with Crippen LogP contribution in [0, 0.1) is 0 Å². The average molecular weight is 275 g/mol. The Kier molecular flexibility index (Phi) is 3.58. The topological polar surface area (TPSA) is 89.4 Å². The number of nitrogens with one attached hydrogen (secondary N) is 2. The van der Waals surface area contributed by atoms with Gasteiger partial charge in [0, 0.05) is 29.3 Å². The van der Waals surface area contributed by atoms with Gasteiger partial charge in [0.2, 0.25) is 0 Å². The quantitative estimate of drug-likeness (QED) is 0.726. The summed E-state index contributed by atoms with van der Waals surface area (Å²) >= 11 is 0. The number of amides is 1. The lowest BCUT2D eigenvalue weighted by Crippen LogP contribution is -2.39. The van der Waals surface area contributed by atoms with Gasteiger partial charge in [-0.2, -0.15) is 0 Å². The van der Waals surface area contributed by atoms with Crippen molar-refractivity contribution in [2.24, 2.45) is 0 Å². The van der Waals surface area contributed by atoms with E-state index in [0.717, 1.165) is 10.9 Å². The number of fused-ring (bicyclic) bond motifs is 1. The maximum Gasteiger partial charge on any atom is 0.253 e. The van der Waals surface area contributed by atoms with Crippen LogP contribution < -0.4 is 11.1 Å². The van der Waals surface area contributed by atoms with Crippen LogP contribution in [0.2, 0.25) is 0 Å². The standard InChI is InChI=1S/C14H17N3O3/c15-9-1-2-13-11(5-9)12(7-16-13)14(18)17-6-10-8-19-3-4-20-10/h1-2,5,7,10,16H,3-4,6,8,15H2,(H,17,18). The zero-order valence-corrected chi connectivity index (χ0v) is 11.0. The van der Waals surface area contributed by atoms with Gasteiger partial charge in [-0.1, -0.05) is 0 Å². The summed E-state index contributed by atoms with van der Waals surface area (Å²) in [5, 5.41) is 3.68. The van der Waals surface area contributed by atoms with Gasteiger partial charge >= 0.3 is 0 Å². The Hall–Kier alpha value is -2.05. The molecule has 0 radical (unpaired) electrons. The molecule has 20 heavy (non-hydrogen) atoms. The third kappa shape index (κ3) is 2.61.